The van der Waals surface area contributed by atoms with Crippen molar-refractivity contribution in [2.75, 3.05) is 0 Å². The Bertz CT molecular complexity index is 2010. The Morgan fingerprint density at radius 2 is 1.73 bits per heavy atom. The summed E-state index contributed by atoms with van der Waals surface area (Å²) in [7, 11) is 0. The molecular weight excluding hydrogens is 580 g/mol. The quantitative estimate of drug-likeness (QED) is 0.253. The van der Waals surface area contributed by atoms with Gasteiger partial charge in [0.05, 0.1) is 24.6 Å². The van der Waals surface area contributed by atoms with Crippen molar-refractivity contribution in [1.29, 1.82) is 0 Å². The molecule has 0 aliphatic rings. The van der Waals surface area contributed by atoms with Crippen molar-refractivity contribution in [3.63, 3.8) is 0 Å². The first-order chi connectivity index (χ1) is 20.1. The lowest BCUT2D eigenvalue weighted by Crippen LogP contribution is -2.24. The van der Waals surface area contributed by atoms with Crippen LogP contribution in [0.15, 0.2) is 114 Å². The van der Waals surface area contributed by atoms with Crippen molar-refractivity contribution in [2.24, 2.45) is 0 Å². The average Bonchev–Trinajstić information content (AvgIpc) is 3.75. The SMILES string of the molecule is O=C(NCc1ccc(-n2cc(Cn3c(-c4ccccc4)cc4ccccc43)nn2)cc1)c1nccn2c(Br)cnc12. The minimum absolute atomic E-state index is 0.274. The van der Waals surface area contributed by atoms with Gasteiger partial charge in [-0.2, -0.15) is 0 Å². The van der Waals surface area contributed by atoms with Gasteiger partial charge in [0.1, 0.15) is 10.3 Å². The maximum atomic E-state index is 12.8. The van der Waals surface area contributed by atoms with Crippen LogP contribution in [0.4, 0.5) is 0 Å². The summed E-state index contributed by atoms with van der Waals surface area (Å²) in [4.78, 5) is 21.3. The van der Waals surface area contributed by atoms with Crippen LogP contribution in [-0.4, -0.2) is 39.8 Å². The van der Waals surface area contributed by atoms with Crippen molar-refractivity contribution in [3.8, 4) is 16.9 Å². The molecule has 0 aliphatic heterocycles. The van der Waals surface area contributed by atoms with Crippen LogP contribution in [0.3, 0.4) is 0 Å². The molecule has 7 aromatic rings. The molecule has 4 aromatic heterocycles. The maximum Gasteiger partial charge on any atom is 0.274 e. The van der Waals surface area contributed by atoms with Gasteiger partial charge in [-0.15, -0.1) is 5.10 Å². The fourth-order valence-electron chi connectivity index (χ4n) is 4.97. The van der Waals surface area contributed by atoms with E-state index in [1.54, 1.807) is 27.7 Å². The fourth-order valence-corrected chi connectivity index (χ4v) is 5.36. The van der Waals surface area contributed by atoms with E-state index in [9.17, 15) is 4.79 Å². The van der Waals surface area contributed by atoms with E-state index in [2.05, 4.69) is 101 Å². The summed E-state index contributed by atoms with van der Waals surface area (Å²) in [5.41, 5.74) is 6.90. The van der Waals surface area contributed by atoms with Gasteiger partial charge >= 0.3 is 0 Å². The van der Waals surface area contributed by atoms with Crippen LogP contribution in [0, 0.1) is 0 Å². The predicted molar refractivity (Wildman–Crippen MR) is 160 cm³/mol. The summed E-state index contributed by atoms with van der Waals surface area (Å²) in [6, 6.07) is 28.8. The molecule has 0 atom stereocenters. The number of rotatable bonds is 7. The van der Waals surface area contributed by atoms with E-state index in [1.165, 1.54) is 5.39 Å². The number of hydrogen-bond acceptors (Lipinski definition) is 5. The lowest BCUT2D eigenvalue weighted by molar-refractivity contribution is 0.0947. The predicted octanol–water partition coefficient (Wildman–Crippen LogP) is 5.67. The van der Waals surface area contributed by atoms with Crippen LogP contribution in [0.5, 0.6) is 0 Å². The highest BCUT2D eigenvalue weighted by atomic mass is 79.9. The van der Waals surface area contributed by atoms with Gasteiger partial charge in [0.2, 0.25) is 0 Å². The number of benzene rings is 3. The highest BCUT2D eigenvalue weighted by Gasteiger charge is 2.15. The molecule has 0 aliphatic carbocycles. The van der Waals surface area contributed by atoms with Crippen LogP contribution >= 0.6 is 15.9 Å². The summed E-state index contributed by atoms with van der Waals surface area (Å²) in [6.07, 6.45) is 6.93. The second kappa shape index (κ2) is 10.5. The Labute approximate surface area is 243 Å². The molecule has 10 heteroatoms. The molecule has 41 heavy (non-hydrogen) atoms. The number of imidazole rings is 1. The zero-order valence-corrected chi connectivity index (χ0v) is 23.3. The number of aromatic nitrogens is 7. The van der Waals surface area contributed by atoms with E-state index in [-0.39, 0.29) is 11.6 Å². The second-order valence-corrected chi connectivity index (χ2v) is 10.4. The Hall–Kier alpha value is -5.09. The number of nitrogens with zero attached hydrogens (tertiary/aromatic N) is 7. The first-order valence-electron chi connectivity index (χ1n) is 13.0. The first kappa shape index (κ1) is 24.9. The van der Waals surface area contributed by atoms with Crippen LogP contribution in [-0.2, 0) is 13.1 Å². The maximum absolute atomic E-state index is 12.8. The van der Waals surface area contributed by atoms with Crippen LogP contribution in [0.2, 0.25) is 0 Å². The number of carbonyl (C=O) groups excluding carboxylic acids is 1. The van der Waals surface area contributed by atoms with E-state index in [1.807, 2.05) is 36.5 Å². The number of para-hydroxylation sites is 1. The molecule has 0 unspecified atom stereocenters. The molecule has 0 radical (unpaired) electrons. The van der Waals surface area contributed by atoms with Gasteiger partial charge in [-0.05, 0) is 51.3 Å². The lowest BCUT2D eigenvalue weighted by Gasteiger charge is -2.09. The highest BCUT2D eigenvalue weighted by molar-refractivity contribution is 9.10. The molecule has 4 heterocycles. The summed E-state index contributed by atoms with van der Waals surface area (Å²) in [6.45, 7) is 0.949. The van der Waals surface area contributed by atoms with Crippen molar-refractivity contribution >= 4 is 38.4 Å². The Balaban J connectivity index is 1.07. The van der Waals surface area contributed by atoms with Gasteiger partial charge in [0.25, 0.3) is 5.91 Å². The van der Waals surface area contributed by atoms with Gasteiger partial charge in [-0.25, -0.2) is 14.6 Å². The summed E-state index contributed by atoms with van der Waals surface area (Å²) < 4.78 is 6.58. The second-order valence-electron chi connectivity index (χ2n) is 9.59. The van der Waals surface area contributed by atoms with E-state index >= 15 is 0 Å². The third-order valence-electron chi connectivity index (χ3n) is 6.99. The molecular formula is C31H23BrN8O. The molecule has 7 rings (SSSR count). The van der Waals surface area contributed by atoms with Crippen molar-refractivity contribution in [2.45, 2.75) is 13.1 Å². The van der Waals surface area contributed by atoms with Crippen molar-refractivity contribution in [1.82, 2.24) is 39.2 Å². The minimum Gasteiger partial charge on any atom is -0.347 e. The largest absolute Gasteiger partial charge is 0.347 e. The van der Waals surface area contributed by atoms with Crippen LogP contribution in [0.1, 0.15) is 21.7 Å². The van der Waals surface area contributed by atoms with Gasteiger partial charge in [-0.1, -0.05) is 65.9 Å². The van der Waals surface area contributed by atoms with E-state index in [4.69, 9.17) is 0 Å². The molecule has 0 spiro atoms. The summed E-state index contributed by atoms with van der Waals surface area (Å²) >= 11 is 3.42. The average molecular weight is 603 g/mol. The number of amides is 1. The molecule has 0 bridgehead atoms. The van der Waals surface area contributed by atoms with Gasteiger partial charge < -0.3 is 9.88 Å². The molecule has 1 N–H and O–H groups in total. The van der Waals surface area contributed by atoms with Gasteiger partial charge in [-0.3, -0.25) is 9.20 Å². The molecule has 0 saturated carbocycles. The fraction of sp³-hybridized carbons (Fsp3) is 0.0645. The number of halogens is 1. The number of fused-ring (bicyclic) bond motifs is 2. The van der Waals surface area contributed by atoms with Crippen molar-refractivity contribution < 1.29 is 4.79 Å². The Kier molecular flexibility index (Phi) is 6.36. The normalized spacial score (nSPS) is 11.3. The van der Waals surface area contributed by atoms with Crippen LogP contribution < -0.4 is 5.32 Å². The number of hydrogen-bond donors (Lipinski definition) is 1. The van der Waals surface area contributed by atoms with E-state index < -0.39 is 0 Å². The molecule has 1 amide bonds. The molecule has 3 aromatic carbocycles. The molecule has 0 fully saturated rings. The van der Waals surface area contributed by atoms with Crippen LogP contribution in [0.25, 0.3) is 33.5 Å². The van der Waals surface area contributed by atoms with Gasteiger partial charge in [0, 0.05) is 35.5 Å². The minimum atomic E-state index is -0.286. The molecule has 0 saturated heterocycles. The zero-order chi connectivity index (χ0) is 27.8. The third kappa shape index (κ3) is 4.78. The summed E-state index contributed by atoms with van der Waals surface area (Å²) in [5, 5.41) is 13.0. The smallest absolute Gasteiger partial charge is 0.274 e. The van der Waals surface area contributed by atoms with Crippen molar-refractivity contribution in [3.05, 3.63) is 131 Å². The first-order valence-corrected chi connectivity index (χ1v) is 13.8. The third-order valence-corrected chi connectivity index (χ3v) is 7.58. The van der Waals surface area contributed by atoms with Gasteiger partial charge in [0.15, 0.2) is 11.3 Å². The standard InChI is InChI=1S/C31H23BrN8O/c32-28-18-34-30-29(33-14-15-38(28)30)31(41)35-17-21-10-12-25(13-11-21)40-20-24(36-37-40)19-39-26-9-5-4-8-23(26)16-27(39)22-6-2-1-3-7-22/h1-16,18,20H,17,19H2,(H,35,41). The van der Waals surface area contributed by atoms with E-state index in [0.717, 1.165) is 38.3 Å². The Morgan fingerprint density at radius 1 is 0.927 bits per heavy atom. The monoisotopic (exact) mass is 602 g/mol. The highest BCUT2D eigenvalue weighted by Crippen LogP contribution is 2.29. The lowest BCUT2D eigenvalue weighted by atomic mass is 10.1. The molecule has 200 valence electrons. The Morgan fingerprint density at radius 3 is 2.59 bits per heavy atom. The number of carbonyl (C=O) groups is 1. The zero-order valence-electron chi connectivity index (χ0n) is 21.7. The topological polar surface area (TPSA) is 94.9 Å². The summed E-state index contributed by atoms with van der Waals surface area (Å²) in [5.74, 6) is -0.286. The van der Waals surface area contributed by atoms with E-state index in [0.29, 0.717) is 18.7 Å². The number of nitrogens with one attached hydrogen (secondary N) is 1. The molecule has 9 nitrogen and oxygen atoms in total.